The van der Waals surface area contributed by atoms with Gasteiger partial charge in [-0.25, -0.2) is 0 Å². The van der Waals surface area contributed by atoms with Crippen molar-refractivity contribution in [1.82, 2.24) is 9.80 Å². The molecule has 1 unspecified atom stereocenters. The molecule has 0 aliphatic carbocycles. The van der Waals surface area contributed by atoms with E-state index in [4.69, 9.17) is 0 Å². The van der Waals surface area contributed by atoms with E-state index in [2.05, 4.69) is 16.7 Å². The van der Waals surface area contributed by atoms with Crippen LogP contribution in [0.25, 0.3) is 0 Å². The van der Waals surface area contributed by atoms with Crippen molar-refractivity contribution in [3.63, 3.8) is 0 Å². The summed E-state index contributed by atoms with van der Waals surface area (Å²) in [5, 5.41) is 0.463. The van der Waals surface area contributed by atoms with Gasteiger partial charge in [0.05, 0.1) is 11.1 Å². The number of carbonyl (C=O) groups excluding carboxylic acids is 1. The lowest BCUT2D eigenvalue weighted by Crippen LogP contribution is -2.39. The van der Waals surface area contributed by atoms with Gasteiger partial charge in [0.2, 0.25) is 5.91 Å². The van der Waals surface area contributed by atoms with E-state index in [1.54, 1.807) is 0 Å². The maximum Gasteiger partial charge on any atom is 0.233 e. The summed E-state index contributed by atoms with van der Waals surface area (Å²) in [6, 6.07) is 0. The van der Waals surface area contributed by atoms with E-state index in [0.29, 0.717) is 17.0 Å². The fraction of sp³-hybridized carbons (Fsp3) is 0.923. The zero-order chi connectivity index (χ0) is 12.1. The van der Waals surface area contributed by atoms with E-state index in [-0.39, 0.29) is 0 Å². The third kappa shape index (κ3) is 3.62. The summed E-state index contributed by atoms with van der Waals surface area (Å²) in [5.74, 6) is 1.06. The standard InChI is InChI=1S/C13H24N2OS/c1-2-3-6-13-15(12(16)11-17-13)10-9-14-7-4-5-8-14/h13H,2-11H2,1H3. The van der Waals surface area contributed by atoms with Crippen molar-refractivity contribution in [3.05, 3.63) is 0 Å². The quantitative estimate of drug-likeness (QED) is 0.728. The fourth-order valence-electron chi connectivity index (χ4n) is 2.64. The molecule has 0 aromatic rings. The van der Waals surface area contributed by atoms with Gasteiger partial charge in [-0.2, -0.15) is 0 Å². The van der Waals surface area contributed by atoms with Crippen LogP contribution < -0.4 is 0 Å². The van der Waals surface area contributed by atoms with Gasteiger partial charge >= 0.3 is 0 Å². The summed E-state index contributed by atoms with van der Waals surface area (Å²) in [4.78, 5) is 16.5. The smallest absolute Gasteiger partial charge is 0.233 e. The summed E-state index contributed by atoms with van der Waals surface area (Å²) in [6.07, 6.45) is 6.31. The molecule has 0 radical (unpaired) electrons. The van der Waals surface area contributed by atoms with Gasteiger partial charge in [0, 0.05) is 13.1 Å². The molecule has 2 heterocycles. The first-order chi connectivity index (χ1) is 8.31. The molecule has 98 valence electrons. The van der Waals surface area contributed by atoms with Crippen LogP contribution in [-0.4, -0.2) is 53.0 Å². The third-order valence-electron chi connectivity index (χ3n) is 3.73. The number of amides is 1. The number of carbonyl (C=O) groups is 1. The van der Waals surface area contributed by atoms with Gasteiger partial charge in [-0.1, -0.05) is 19.8 Å². The zero-order valence-corrected chi connectivity index (χ0v) is 11.7. The van der Waals surface area contributed by atoms with Gasteiger partial charge in [-0.3, -0.25) is 4.79 Å². The Hall–Kier alpha value is -0.220. The van der Waals surface area contributed by atoms with Gasteiger partial charge in [0.1, 0.15) is 0 Å². The predicted octanol–water partition coefficient (Wildman–Crippen LogP) is 2.17. The molecule has 3 nitrogen and oxygen atoms in total. The van der Waals surface area contributed by atoms with Gasteiger partial charge in [0.15, 0.2) is 0 Å². The van der Waals surface area contributed by atoms with E-state index >= 15 is 0 Å². The zero-order valence-electron chi connectivity index (χ0n) is 10.9. The third-order valence-corrected chi connectivity index (χ3v) is 5.02. The topological polar surface area (TPSA) is 23.6 Å². The second-order valence-corrected chi connectivity index (χ2v) is 6.21. The Morgan fingerprint density at radius 1 is 1.29 bits per heavy atom. The molecule has 0 saturated carbocycles. The minimum atomic E-state index is 0.357. The second kappa shape index (κ2) is 6.64. The minimum Gasteiger partial charge on any atom is -0.329 e. The Bertz CT molecular complexity index is 254. The highest BCUT2D eigenvalue weighted by molar-refractivity contribution is 8.00. The average molecular weight is 256 g/mol. The summed E-state index contributed by atoms with van der Waals surface area (Å²) in [7, 11) is 0. The monoisotopic (exact) mass is 256 g/mol. The molecule has 2 fully saturated rings. The van der Waals surface area contributed by atoms with Crippen LogP contribution >= 0.6 is 11.8 Å². The Morgan fingerprint density at radius 2 is 2.06 bits per heavy atom. The molecule has 2 aliphatic heterocycles. The highest BCUT2D eigenvalue weighted by Gasteiger charge is 2.31. The van der Waals surface area contributed by atoms with E-state index in [1.807, 2.05) is 11.8 Å². The number of nitrogens with zero attached hydrogens (tertiary/aromatic N) is 2. The lowest BCUT2D eigenvalue weighted by Gasteiger charge is -2.26. The number of hydrogen-bond donors (Lipinski definition) is 0. The van der Waals surface area contributed by atoms with Crippen molar-refractivity contribution in [2.45, 2.75) is 44.4 Å². The Kier molecular flexibility index (Phi) is 5.16. The van der Waals surface area contributed by atoms with Crippen molar-refractivity contribution in [1.29, 1.82) is 0 Å². The highest BCUT2D eigenvalue weighted by Crippen LogP contribution is 2.28. The molecular formula is C13H24N2OS. The van der Waals surface area contributed by atoms with E-state index in [9.17, 15) is 4.79 Å². The van der Waals surface area contributed by atoms with Gasteiger partial charge < -0.3 is 9.80 Å². The van der Waals surface area contributed by atoms with E-state index in [1.165, 1.54) is 45.2 Å². The van der Waals surface area contributed by atoms with Crippen LogP contribution in [0.4, 0.5) is 0 Å². The Morgan fingerprint density at radius 3 is 2.76 bits per heavy atom. The van der Waals surface area contributed by atoms with Crippen molar-refractivity contribution in [3.8, 4) is 0 Å². The van der Waals surface area contributed by atoms with Crippen LogP contribution in [-0.2, 0) is 4.79 Å². The SMILES string of the molecule is CCCCC1SCC(=O)N1CCN1CCCC1. The number of hydrogen-bond acceptors (Lipinski definition) is 3. The lowest BCUT2D eigenvalue weighted by molar-refractivity contribution is -0.128. The normalized spacial score (nSPS) is 26.1. The van der Waals surface area contributed by atoms with E-state index in [0.717, 1.165) is 13.1 Å². The molecule has 0 aromatic heterocycles. The van der Waals surface area contributed by atoms with Crippen LogP contribution in [0.15, 0.2) is 0 Å². The minimum absolute atomic E-state index is 0.357. The Labute approximate surface area is 109 Å². The maximum atomic E-state index is 11.8. The number of rotatable bonds is 6. The molecule has 0 N–H and O–H groups in total. The van der Waals surface area contributed by atoms with Crippen LogP contribution in [0, 0.1) is 0 Å². The van der Waals surface area contributed by atoms with Crippen LogP contribution in [0.5, 0.6) is 0 Å². The average Bonchev–Trinajstić information content (AvgIpc) is 2.94. The van der Waals surface area contributed by atoms with Gasteiger partial charge in [-0.05, 0) is 32.4 Å². The summed E-state index contributed by atoms with van der Waals surface area (Å²) >= 11 is 1.84. The molecule has 2 aliphatic rings. The van der Waals surface area contributed by atoms with Crippen LogP contribution in [0.1, 0.15) is 39.0 Å². The molecular weight excluding hydrogens is 232 g/mol. The van der Waals surface area contributed by atoms with Crippen LogP contribution in [0.2, 0.25) is 0 Å². The van der Waals surface area contributed by atoms with Crippen molar-refractivity contribution < 1.29 is 4.79 Å². The molecule has 1 amide bonds. The predicted molar refractivity (Wildman–Crippen MR) is 73.2 cm³/mol. The number of thioether (sulfide) groups is 1. The maximum absolute atomic E-state index is 11.8. The molecule has 0 aromatic carbocycles. The highest BCUT2D eigenvalue weighted by atomic mass is 32.2. The van der Waals surface area contributed by atoms with Gasteiger partial charge in [0.25, 0.3) is 0 Å². The van der Waals surface area contributed by atoms with Crippen molar-refractivity contribution >= 4 is 17.7 Å². The lowest BCUT2D eigenvalue weighted by atomic mass is 10.2. The molecule has 2 saturated heterocycles. The molecule has 4 heteroatoms. The van der Waals surface area contributed by atoms with Crippen LogP contribution in [0.3, 0.4) is 0 Å². The van der Waals surface area contributed by atoms with Crippen molar-refractivity contribution in [2.24, 2.45) is 0 Å². The fourth-order valence-corrected chi connectivity index (χ4v) is 3.88. The molecule has 1 atom stereocenters. The first-order valence-electron chi connectivity index (χ1n) is 6.94. The Balaban J connectivity index is 1.76. The molecule has 0 bridgehead atoms. The molecule has 2 rings (SSSR count). The molecule has 17 heavy (non-hydrogen) atoms. The summed E-state index contributed by atoms with van der Waals surface area (Å²) < 4.78 is 0. The largest absolute Gasteiger partial charge is 0.329 e. The van der Waals surface area contributed by atoms with Gasteiger partial charge in [-0.15, -0.1) is 11.8 Å². The number of likely N-dealkylation sites (tertiary alicyclic amines) is 1. The summed E-state index contributed by atoms with van der Waals surface area (Å²) in [5.41, 5.74) is 0. The van der Waals surface area contributed by atoms with Crippen molar-refractivity contribution in [2.75, 3.05) is 31.9 Å². The van der Waals surface area contributed by atoms with E-state index < -0.39 is 0 Å². The summed E-state index contributed by atoms with van der Waals surface area (Å²) in [6.45, 7) is 6.70. The first-order valence-corrected chi connectivity index (χ1v) is 7.99. The molecule has 0 spiro atoms. The number of unbranched alkanes of at least 4 members (excludes halogenated alkanes) is 1. The second-order valence-electron chi connectivity index (χ2n) is 5.04. The first kappa shape index (κ1) is 13.2.